The number of halogens is 1. The lowest BCUT2D eigenvalue weighted by Crippen LogP contribution is -2.23. The molecule has 1 amide bonds. The minimum absolute atomic E-state index is 0.118. The van der Waals surface area contributed by atoms with Gasteiger partial charge in [-0.25, -0.2) is 0 Å². The maximum atomic E-state index is 11.5. The lowest BCUT2D eigenvalue weighted by molar-refractivity contribution is -0.142. The summed E-state index contributed by atoms with van der Waals surface area (Å²) in [5.41, 5.74) is 0.809. The number of benzene rings is 1. The molecule has 18 heavy (non-hydrogen) atoms. The Balaban J connectivity index is 2.85. The van der Waals surface area contributed by atoms with Crippen molar-refractivity contribution in [2.75, 3.05) is 13.7 Å². The first-order chi connectivity index (χ1) is 8.54. The molecule has 0 fully saturated rings. The molecule has 0 aliphatic heterocycles. The van der Waals surface area contributed by atoms with E-state index in [1.807, 2.05) is 18.2 Å². The van der Waals surface area contributed by atoms with Crippen molar-refractivity contribution in [3.8, 4) is 0 Å². The van der Waals surface area contributed by atoms with E-state index in [1.54, 1.807) is 13.1 Å². The Kier molecular flexibility index (Phi) is 5.65. The Hall–Kier alpha value is -1.55. The molecule has 0 saturated carbocycles. The summed E-state index contributed by atoms with van der Waals surface area (Å²) in [6.45, 7) is 1.48. The molecule has 5 heteroatoms. The molecule has 1 aromatic rings. The molecule has 1 atom stereocenters. The largest absolute Gasteiger partial charge is 0.465 e. The van der Waals surface area contributed by atoms with Gasteiger partial charge in [0.05, 0.1) is 6.61 Å². The summed E-state index contributed by atoms with van der Waals surface area (Å²) in [4.78, 5) is 22.3. The number of ether oxygens (including phenoxy) is 1. The van der Waals surface area contributed by atoms with Crippen LogP contribution in [0.3, 0.4) is 0 Å². The van der Waals surface area contributed by atoms with Crippen molar-refractivity contribution in [2.24, 2.45) is 0 Å². The topological polar surface area (TPSA) is 55.4 Å². The first-order valence-electron chi connectivity index (χ1n) is 5.63. The zero-order valence-electron chi connectivity index (χ0n) is 10.4. The summed E-state index contributed by atoms with van der Waals surface area (Å²) in [7, 11) is 1.57. The molecule has 0 aliphatic rings. The summed E-state index contributed by atoms with van der Waals surface area (Å²) >= 11 is 6.09. The van der Waals surface area contributed by atoms with Gasteiger partial charge in [-0.15, -0.1) is 0 Å². The molecule has 1 rings (SSSR count). The Morgan fingerprint density at radius 1 is 1.39 bits per heavy atom. The van der Waals surface area contributed by atoms with Crippen LogP contribution in [0.25, 0.3) is 0 Å². The Morgan fingerprint density at radius 2 is 2.06 bits per heavy atom. The van der Waals surface area contributed by atoms with Gasteiger partial charge in [-0.05, 0) is 11.6 Å². The molecule has 0 aliphatic carbocycles. The van der Waals surface area contributed by atoms with E-state index in [9.17, 15) is 9.59 Å². The summed E-state index contributed by atoms with van der Waals surface area (Å²) in [6, 6.07) is 7.24. The number of amides is 1. The van der Waals surface area contributed by atoms with Crippen molar-refractivity contribution < 1.29 is 14.3 Å². The van der Waals surface area contributed by atoms with Gasteiger partial charge in [0.1, 0.15) is 0 Å². The van der Waals surface area contributed by atoms with Gasteiger partial charge in [-0.1, -0.05) is 29.8 Å². The van der Waals surface area contributed by atoms with Crippen molar-refractivity contribution in [1.82, 2.24) is 5.32 Å². The fourth-order valence-electron chi connectivity index (χ4n) is 1.61. The summed E-state index contributed by atoms with van der Waals surface area (Å²) in [6.07, 6.45) is 0.230. The van der Waals surface area contributed by atoms with Crippen LogP contribution in [0.4, 0.5) is 0 Å². The number of nitrogens with one attached hydrogen (secondary N) is 1. The Morgan fingerprint density at radius 3 is 2.61 bits per heavy atom. The molecule has 0 aromatic heterocycles. The number of esters is 1. The van der Waals surface area contributed by atoms with Gasteiger partial charge in [0.25, 0.3) is 0 Å². The van der Waals surface area contributed by atoms with E-state index in [4.69, 9.17) is 16.3 Å². The second-order valence-corrected chi connectivity index (χ2v) is 4.31. The predicted octanol–water partition coefficient (Wildman–Crippen LogP) is 2.12. The van der Waals surface area contributed by atoms with E-state index in [1.165, 1.54) is 6.92 Å². The van der Waals surface area contributed by atoms with Crippen LogP contribution in [0.2, 0.25) is 5.02 Å². The Bertz CT molecular complexity index is 434. The molecule has 1 unspecified atom stereocenters. The van der Waals surface area contributed by atoms with Crippen LogP contribution in [0.15, 0.2) is 24.3 Å². The summed E-state index contributed by atoms with van der Waals surface area (Å²) in [5, 5.41) is 3.12. The first kappa shape index (κ1) is 14.5. The predicted molar refractivity (Wildman–Crippen MR) is 69.5 cm³/mol. The zero-order valence-corrected chi connectivity index (χ0v) is 11.2. The fraction of sp³-hybridized carbons (Fsp3) is 0.385. The second-order valence-electron chi connectivity index (χ2n) is 3.90. The SMILES string of the molecule is CNC(=O)CC(COC(C)=O)c1ccccc1Cl. The molecule has 0 spiro atoms. The first-order valence-corrected chi connectivity index (χ1v) is 6.00. The maximum absolute atomic E-state index is 11.5. The van der Waals surface area contributed by atoms with Gasteiger partial charge in [0.15, 0.2) is 0 Å². The standard InChI is InChI=1S/C13H16ClNO3/c1-9(16)18-8-10(7-13(17)15-2)11-5-3-4-6-12(11)14/h3-6,10H,7-8H2,1-2H3,(H,15,17). The monoisotopic (exact) mass is 269 g/mol. The zero-order chi connectivity index (χ0) is 13.5. The quantitative estimate of drug-likeness (QED) is 0.833. The molecule has 98 valence electrons. The van der Waals surface area contributed by atoms with Crippen molar-refractivity contribution in [2.45, 2.75) is 19.3 Å². The number of carbonyl (C=O) groups is 2. The van der Waals surface area contributed by atoms with E-state index in [-0.39, 0.29) is 30.8 Å². The van der Waals surface area contributed by atoms with Crippen LogP contribution in [0, 0.1) is 0 Å². The highest BCUT2D eigenvalue weighted by Gasteiger charge is 2.19. The fourth-order valence-corrected chi connectivity index (χ4v) is 1.90. The lowest BCUT2D eigenvalue weighted by Gasteiger charge is -2.17. The van der Waals surface area contributed by atoms with Crippen LogP contribution < -0.4 is 5.32 Å². The highest BCUT2D eigenvalue weighted by Crippen LogP contribution is 2.27. The smallest absolute Gasteiger partial charge is 0.302 e. The van der Waals surface area contributed by atoms with E-state index in [2.05, 4.69) is 5.32 Å². The van der Waals surface area contributed by atoms with Gasteiger partial charge in [0.2, 0.25) is 5.91 Å². The van der Waals surface area contributed by atoms with E-state index >= 15 is 0 Å². The third-order valence-electron chi connectivity index (χ3n) is 2.54. The van der Waals surface area contributed by atoms with Crippen molar-refractivity contribution in [3.05, 3.63) is 34.9 Å². The normalized spacial score (nSPS) is 11.7. The lowest BCUT2D eigenvalue weighted by atomic mass is 9.96. The van der Waals surface area contributed by atoms with Crippen molar-refractivity contribution in [1.29, 1.82) is 0 Å². The highest BCUT2D eigenvalue weighted by molar-refractivity contribution is 6.31. The van der Waals surface area contributed by atoms with Crippen molar-refractivity contribution >= 4 is 23.5 Å². The third-order valence-corrected chi connectivity index (χ3v) is 2.89. The van der Waals surface area contributed by atoms with Gasteiger partial charge >= 0.3 is 5.97 Å². The summed E-state index contributed by atoms with van der Waals surface area (Å²) < 4.78 is 4.98. The molecule has 0 saturated heterocycles. The second kappa shape index (κ2) is 7.01. The minimum atomic E-state index is -0.371. The number of rotatable bonds is 5. The van der Waals surface area contributed by atoms with Crippen LogP contribution in [0.5, 0.6) is 0 Å². The third kappa shape index (κ3) is 4.37. The molecule has 0 heterocycles. The molecule has 0 bridgehead atoms. The van der Waals surface area contributed by atoms with Gasteiger partial charge in [-0.3, -0.25) is 9.59 Å². The average Bonchev–Trinajstić information content (AvgIpc) is 2.34. The highest BCUT2D eigenvalue weighted by atomic mass is 35.5. The van der Waals surface area contributed by atoms with Crippen LogP contribution in [-0.2, 0) is 14.3 Å². The molecule has 0 radical (unpaired) electrons. The molecular formula is C13H16ClNO3. The van der Waals surface area contributed by atoms with Crippen LogP contribution in [0.1, 0.15) is 24.8 Å². The van der Waals surface area contributed by atoms with Crippen LogP contribution in [-0.4, -0.2) is 25.5 Å². The van der Waals surface area contributed by atoms with Crippen LogP contribution >= 0.6 is 11.6 Å². The molecule has 4 nitrogen and oxygen atoms in total. The van der Waals surface area contributed by atoms with E-state index < -0.39 is 0 Å². The molecular weight excluding hydrogens is 254 g/mol. The van der Waals surface area contributed by atoms with Gasteiger partial charge in [-0.2, -0.15) is 0 Å². The molecule has 1 N–H and O–H groups in total. The van der Waals surface area contributed by atoms with E-state index in [0.29, 0.717) is 5.02 Å². The number of hydrogen-bond donors (Lipinski definition) is 1. The Labute approximate surface area is 111 Å². The minimum Gasteiger partial charge on any atom is -0.465 e. The number of hydrogen-bond acceptors (Lipinski definition) is 3. The average molecular weight is 270 g/mol. The van der Waals surface area contributed by atoms with Gasteiger partial charge in [0, 0.05) is 31.3 Å². The van der Waals surface area contributed by atoms with Crippen molar-refractivity contribution in [3.63, 3.8) is 0 Å². The molecule has 1 aromatic carbocycles. The summed E-state index contributed by atoms with van der Waals surface area (Å²) in [5.74, 6) is -0.724. The maximum Gasteiger partial charge on any atom is 0.302 e. The van der Waals surface area contributed by atoms with Gasteiger partial charge < -0.3 is 10.1 Å². The number of carbonyl (C=O) groups excluding carboxylic acids is 2. The van der Waals surface area contributed by atoms with E-state index in [0.717, 1.165) is 5.56 Å².